The average molecular weight is 312 g/mol. The number of para-hydroxylation sites is 1. The van der Waals surface area contributed by atoms with Crippen LogP contribution >= 0.6 is 0 Å². The quantitative estimate of drug-likeness (QED) is 0.827. The van der Waals surface area contributed by atoms with E-state index in [0.29, 0.717) is 18.0 Å². The van der Waals surface area contributed by atoms with Crippen molar-refractivity contribution in [1.82, 2.24) is 4.90 Å². The number of hydrogen-bond acceptors (Lipinski definition) is 5. The first-order valence-corrected chi connectivity index (χ1v) is 8.02. The first kappa shape index (κ1) is 15.5. The summed E-state index contributed by atoms with van der Waals surface area (Å²) in [6.07, 6.45) is 0. The Morgan fingerprint density at radius 1 is 0.870 bits per heavy atom. The number of piperazine rings is 1. The molecular formula is C18H24N4O. The van der Waals surface area contributed by atoms with E-state index in [1.807, 2.05) is 6.07 Å². The lowest BCUT2D eigenvalue weighted by molar-refractivity contribution is 0.200. The fourth-order valence-electron chi connectivity index (χ4n) is 2.80. The van der Waals surface area contributed by atoms with E-state index in [4.69, 9.17) is 16.2 Å². The minimum absolute atomic E-state index is 0.568. The maximum Gasteiger partial charge on any atom is 0.121 e. The smallest absolute Gasteiger partial charge is 0.121 e. The van der Waals surface area contributed by atoms with E-state index in [0.717, 1.165) is 38.5 Å². The highest BCUT2D eigenvalue weighted by Crippen LogP contribution is 2.21. The Balaban J connectivity index is 1.41. The van der Waals surface area contributed by atoms with Crippen molar-refractivity contribution in [3.63, 3.8) is 0 Å². The van der Waals surface area contributed by atoms with Gasteiger partial charge in [-0.2, -0.15) is 0 Å². The summed E-state index contributed by atoms with van der Waals surface area (Å²) in [4.78, 5) is 4.86. The van der Waals surface area contributed by atoms with E-state index in [1.54, 1.807) is 12.1 Å². The van der Waals surface area contributed by atoms with Gasteiger partial charge < -0.3 is 21.1 Å². The molecule has 0 amide bonds. The number of rotatable bonds is 5. The molecule has 0 spiro atoms. The molecule has 1 fully saturated rings. The molecular weight excluding hydrogens is 288 g/mol. The lowest BCUT2D eigenvalue weighted by Gasteiger charge is -2.36. The van der Waals surface area contributed by atoms with Crippen molar-refractivity contribution in [2.24, 2.45) is 0 Å². The summed E-state index contributed by atoms with van der Waals surface area (Å²) >= 11 is 0. The fraction of sp³-hybridized carbons (Fsp3) is 0.333. The van der Waals surface area contributed by atoms with Gasteiger partial charge in [0.1, 0.15) is 12.4 Å². The Hall–Kier alpha value is -2.40. The van der Waals surface area contributed by atoms with E-state index in [-0.39, 0.29) is 0 Å². The number of nitrogens with two attached hydrogens (primary N) is 2. The van der Waals surface area contributed by atoms with Crippen LogP contribution in [0.2, 0.25) is 0 Å². The van der Waals surface area contributed by atoms with Crippen molar-refractivity contribution in [3.05, 3.63) is 48.5 Å². The maximum atomic E-state index is 5.78. The van der Waals surface area contributed by atoms with Crippen LogP contribution in [-0.4, -0.2) is 44.2 Å². The Bertz CT molecular complexity index is 624. The zero-order chi connectivity index (χ0) is 16.1. The third kappa shape index (κ3) is 4.07. The van der Waals surface area contributed by atoms with Crippen LogP contribution in [0.15, 0.2) is 48.5 Å². The second-order valence-corrected chi connectivity index (χ2v) is 5.80. The number of ether oxygens (including phenoxy) is 1. The number of nitrogen functional groups attached to an aromatic ring is 2. The molecule has 5 heteroatoms. The van der Waals surface area contributed by atoms with Gasteiger partial charge >= 0.3 is 0 Å². The van der Waals surface area contributed by atoms with Crippen molar-refractivity contribution in [3.8, 4) is 5.75 Å². The Morgan fingerprint density at radius 3 is 2.30 bits per heavy atom. The average Bonchev–Trinajstić information content (AvgIpc) is 2.59. The zero-order valence-electron chi connectivity index (χ0n) is 13.3. The first-order valence-electron chi connectivity index (χ1n) is 8.02. The van der Waals surface area contributed by atoms with E-state index in [2.05, 4.69) is 40.1 Å². The minimum Gasteiger partial charge on any atom is -0.492 e. The molecule has 3 rings (SSSR count). The molecule has 122 valence electrons. The third-order valence-electron chi connectivity index (χ3n) is 4.23. The topological polar surface area (TPSA) is 67.8 Å². The lowest BCUT2D eigenvalue weighted by atomic mass is 10.2. The molecule has 1 aliphatic rings. The molecule has 0 aliphatic carbocycles. The highest BCUT2D eigenvalue weighted by Gasteiger charge is 2.16. The molecule has 1 heterocycles. The highest BCUT2D eigenvalue weighted by molar-refractivity contribution is 5.65. The molecule has 0 aromatic heterocycles. The Kier molecular flexibility index (Phi) is 4.88. The fourth-order valence-corrected chi connectivity index (χ4v) is 2.80. The second kappa shape index (κ2) is 7.24. The largest absolute Gasteiger partial charge is 0.492 e. The molecule has 0 saturated carbocycles. The van der Waals surface area contributed by atoms with Crippen molar-refractivity contribution in [2.45, 2.75) is 0 Å². The van der Waals surface area contributed by atoms with E-state index in [1.165, 1.54) is 5.69 Å². The van der Waals surface area contributed by atoms with Crippen molar-refractivity contribution < 1.29 is 4.74 Å². The maximum absolute atomic E-state index is 5.78. The van der Waals surface area contributed by atoms with Gasteiger partial charge in [-0.1, -0.05) is 18.2 Å². The predicted octanol–water partition coefficient (Wildman–Crippen LogP) is 2.05. The summed E-state index contributed by atoms with van der Waals surface area (Å²) in [6, 6.07) is 16.0. The normalized spacial score (nSPS) is 15.6. The Labute approximate surface area is 137 Å². The number of hydrogen-bond donors (Lipinski definition) is 2. The van der Waals surface area contributed by atoms with Crippen LogP contribution in [0.25, 0.3) is 0 Å². The SMILES string of the molecule is Nc1ccc(OCCN2CCN(c3ccccc3)CC2)cc1N. The molecule has 1 aliphatic heterocycles. The molecule has 4 N–H and O–H groups in total. The molecule has 0 atom stereocenters. The molecule has 2 aromatic carbocycles. The van der Waals surface area contributed by atoms with Crippen LogP contribution in [0.4, 0.5) is 17.1 Å². The molecule has 1 saturated heterocycles. The van der Waals surface area contributed by atoms with Crippen molar-refractivity contribution in [1.29, 1.82) is 0 Å². The van der Waals surface area contributed by atoms with E-state index >= 15 is 0 Å². The summed E-state index contributed by atoms with van der Waals surface area (Å²) in [6.45, 7) is 5.81. The van der Waals surface area contributed by atoms with Crippen LogP contribution in [0.3, 0.4) is 0 Å². The van der Waals surface area contributed by atoms with Gasteiger partial charge in [0.25, 0.3) is 0 Å². The zero-order valence-corrected chi connectivity index (χ0v) is 13.3. The summed E-state index contributed by atoms with van der Waals surface area (Å²) in [5.74, 6) is 0.777. The monoisotopic (exact) mass is 312 g/mol. The molecule has 23 heavy (non-hydrogen) atoms. The standard InChI is InChI=1S/C18H24N4O/c19-17-7-6-16(14-18(17)20)23-13-12-21-8-10-22(11-9-21)15-4-2-1-3-5-15/h1-7,14H,8-13,19-20H2. The highest BCUT2D eigenvalue weighted by atomic mass is 16.5. The summed E-state index contributed by atoms with van der Waals surface area (Å²) in [5, 5.41) is 0. The van der Waals surface area contributed by atoms with E-state index < -0.39 is 0 Å². The van der Waals surface area contributed by atoms with Gasteiger partial charge in [0.15, 0.2) is 0 Å². The van der Waals surface area contributed by atoms with Crippen LogP contribution in [-0.2, 0) is 0 Å². The second-order valence-electron chi connectivity index (χ2n) is 5.80. The van der Waals surface area contributed by atoms with Crippen LogP contribution in [0.1, 0.15) is 0 Å². The Morgan fingerprint density at radius 2 is 1.61 bits per heavy atom. The first-order chi connectivity index (χ1) is 11.2. The molecule has 0 unspecified atom stereocenters. The number of anilines is 3. The van der Waals surface area contributed by atoms with Crippen molar-refractivity contribution in [2.75, 3.05) is 55.7 Å². The summed E-state index contributed by atoms with van der Waals surface area (Å²) < 4.78 is 5.77. The summed E-state index contributed by atoms with van der Waals surface area (Å²) in [5.41, 5.74) is 14.0. The van der Waals surface area contributed by atoms with Gasteiger partial charge in [-0.3, -0.25) is 4.90 Å². The predicted molar refractivity (Wildman–Crippen MR) is 95.9 cm³/mol. The van der Waals surface area contributed by atoms with Crippen LogP contribution in [0, 0.1) is 0 Å². The number of nitrogens with zero attached hydrogens (tertiary/aromatic N) is 2. The van der Waals surface area contributed by atoms with Gasteiger partial charge in [-0.25, -0.2) is 0 Å². The molecule has 5 nitrogen and oxygen atoms in total. The van der Waals surface area contributed by atoms with Gasteiger partial charge in [-0.15, -0.1) is 0 Å². The van der Waals surface area contributed by atoms with Crippen LogP contribution < -0.4 is 21.1 Å². The molecule has 0 bridgehead atoms. The number of benzene rings is 2. The molecule has 0 radical (unpaired) electrons. The van der Waals surface area contributed by atoms with Gasteiger partial charge in [0, 0.05) is 44.5 Å². The van der Waals surface area contributed by atoms with Gasteiger partial charge in [0.2, 0.25) is 0 Å². The minimum atomic E-state index is 0.568. The van der Waals surface area contributed by atoms with Gasteiger partial charge in [-0.05, 0) is 24.3 Å². The molecule has 2 aromatic rings. The third-order valence-corrected chi connectivity index (χ3v) is 4.23. The van der Waals surface area contributed by atoms with Gasteiger partial charge in [0.05, 0.1) is 11.4 Å². The summed E-state index contributed by atoms with van der Waals surface area (Å²) in [7, 11) is 0. The van der Waals surface area contributed by atoms with E-state index in [9.17, 15) is 0 Å². The van der Waals surface area contributed by atoms with Crippen LogP contribution in [0.5, 0.6) is 5.75 Å². The van der Waals surface area contributed by atoms with Crippen molar-refractivity contribution >= 4 is 17.1 Å². The lowest BCUT2D eigenvalue weighted by Crippen LogP contribution is -2.47.